The van der Waals surface area contributed by atoms with E-state index in [9.17, 15) is 4.79 Å². The number of pyridine rings is 1. The van der Waals surface area contributed by atoms with Gasteiger partial charge in [-0.1, -0.05) is 31.0 Å². The van der Waals surface area contributed by atoms with E-state index in [4.69, 9.17) is 10.8 Å². The molecule has 2 heterocycles. The topological polar surface area (TPSA) is 85.8 Å². The first-order valence-electron chi connectivity index (χ1n) is 10.2. The molecular weight excluding hydrogens is 433 g/mol. The van der Waals surface area contributed by atoms with E-state index in [2.05, 4.69) is 10.3 Å². The molecule has 2 aromatic heterocycles. The van der Waals surface area contributed by atoms with Gasteiger partial charge in [0.25, 0.3) is 0 Å². The van der Waals surface area contributed by atoms with E-state index < -0.39 is 5.54 Å². The second kappa shape index (κ2) is 10.8. The Bertz CT molecular complexity index is 976. The molecule has 3 N–H and O–H groups in total. The summed E-state index contributed by atoms with van der Waals surface area (Å²) in [6.45, 7) is 2.40. The number of amides is 1. The van der Waals surface area contributed by atoms with Crippen molar-refractivity contribution >= 4 is 30.7 Å². The number of halogens is 2. The molecule has 1 aromatic carbocycles. The molecule has 1 aliphatic rings. The third-order valence-electron chi connectivity index (χ3n) is 5.79. The van der Waals surface area contributed by atoms with Crippen LogP contribution in [0.15, 0.2) is 61.1 Å². The number of carbonyl (C=O) groups excluding carboxylic acids is 1. The molecule has 0 radical (unpaired) electrons. The number of nitrogens with one attached hydrogen (secondary N) is 1. The minimum atomic E-state index is -0.440. The molecule has 8 heteroatoms. The van der Waals surface area contributed by atoms with E-state index in [0.717, 1.165) is 48.2 Å². The largest absolute Gasteiger partial charge is 0.352 e. The highest BCUT2D eigenvalue weighted by Gasteiger charge is 2.37. The molecule has 1 aliphatic carbocycles. The molecule has 3 aromatic rings. The molecule has 6 nitrogen and oxygen atoms in total. The molecule has 2 unspecified atom stereocenters. The quantitative estimate of drug-likeness (QED) is 0.592. The van der Waals surface area contributed by atoms with Gasteiger partial charge in [-0.25, -0.2) is 4.68 Å². The van der Waals surface area contributed by atoms with Crippen molar-refractivity contribution in [2.45, 2.75) is 44.7 Å². The van der Waals surface area contributed by atoms with Gasteiger partial charge in [0, 0.05) is 41.8 Å². The molecule has 1 amide bonds. The van der Waals surface area contributed by atoms with E-state index in [-0.39, 0.29) is 36.6 Å². The van der Waals surface area contributed by atoms with Crippen LogP contribution in [0.2, 0.25) is 0 Å². The summed E-state index contributed by atoms with van der Waals surface area (Å²) < 4.78 is 1.85. The van der Waals surface area contributed by atoms with Crippen LogP contribution in [0.4, 0.5) is 0 Å². The van der Waals surface area contributed by atoms with Crippen LogP contribution in [0, 0.1) is 5.92 Å². The Morgan fingerprint density at radius 2 is 1.87 bits per heavy atom. The third-order valence-corrected chi connectivity index (χ3v) is 5.79. The highest BCUT2D eigenvalue weighted by atomic mass is 35.5. The van der Waals surface area contributed by atoms with Crippen molar-refractivity contribution in [2.75, 3.05) is 0 Å². The molecule has 0 spiro atoms. The molecule has 1 saturated carbocycles. The van der Waals surface area contributed by atoms with E-state index in [1.54, 1.807) is 12.4 Å². The van der Waals surface area contributed by atoms with Gasteiger partial charge in [-0.15, -0.1) is 24.8 Å². The number of hydrogen-bond donors (Lipinski definition) is 2. The smallest absolute Gasteiger partial charge is 0.225 e. The number of nitrogens with two attached hydrogens (primary N) is 1. The molecule has 1 fully saturated rings. The SMILES string of the molecule is CC1(N)CCCCC1C(=O)NCc1cn(-c2ccccc2)nc1-c1ccncc1.Cl.Cl. The summed E-state index contributed by atoms with van der Waals surface area (Å²) in [7, 11) is 0. The van der Waals surface area contributed by atoms with E-state index >= 15 is 0 Å². The van der Waals surface area contributed by atoms with E-state index in [1.807, 2.05) is 60.3 Å². The van der Waals surface area contributed by atoms with Gasteiger partial charge in [-0.3, -0.25) is 9.78 Å². The summed E-state index contributed by atoms with van der Waals surface area (Å²) in [4.78, 5) is 17.0. The maximum atomic E-state index is 12.9. The van der Waals surface area contributed by atoms with Crippen LogP contribution in [0.5, 0.6) is 0 Å². The first kappa shape index (κ1) is 24.9. The molecule has 166 valence electrons. The molecule has 2 atom stereocenters. The zero-order chi connectivity index (χ0) is 20.3. The van der Waals surface area contributed by atoms with Crippen molar-refractivity contribution < 1.29 is 4.79 Å². The van der Waals surface area contributed by atoms with Crippen molar-refractivity contribution in [2.24, 2.45) is 11.7 Å². The highest BCUT2D eigenvalue weighted by Crippen LogP contribution is 2.32. The summed E-state index contributed by atoms with van der Waals surface area (Å²) in [6.07, 6.45) is 9.36. The fraction of sp³-hybridized carbons (Fsp3) is 0.348. The Morgan fingerprint density at radius 3 is 2.55 bits per heavy atom. The lowest BCUT2D eigenvalue weighted by atomic mass is 9.74. The normalized spacial score (nSPS) is 20.3. The second-order valence-corrected chi connectivity index (χ2v) is 8.04. The number of nitrogens with zero attached hydrogens (tertiary/aromatic N) is 3. The minimum Gasteiger partial charge on any atom is -0.352 e. The number of rotatable bonds is 5. The summed E-state index contributed by atoms with van der Waals surface area (Å²) in [5.41, 5.74) is 9.72. The lowest BCUT2D eigenvalue weighted by molar-refractivity contribution is -0.128. The Morgan fingerprint density at radius 1 is 1.16 bits per heavy atom. The van der Waals surface area contributed by atoms with Crippen LogP contribution in [0.25, 0.3) is 16.9 Å². The summed E-state index contributed by atoms with van der Waals surface area (Å²) in [5.74, 6) is -0.118. The number of para-hydroxylation sites is 1. The van der Waals surface area contributed by atoms with Crippen LogP contribution in [-0.2, 0) is 11.3 Å². The summed E-state index contributed by atoms with van der Waals surface area (Å²) in [5, 5.41) is 7.89. The first-order valence-corrected chi connectivity index (χ1v) is 10.2. The van der Waals surface area contributed by atoms with Crippen molar-refractivity contribution in [1.82, 2.24) is 20.1 Å². The highest BCUT2D eigenvalue weighted by molar-refractivity contribution is 5.85. The first-order chi connectivity index (χ1) is 14.0. The number of aromatic nitrogens is 3. The zero-order valence-electron chi connectivity index (χ0n) is 17.5. The van der Waals surface area contributed by atoms with Crippen molar-refractivity contribution in [3.8, 4) is 16.9 Å². The fourth-order valence-corrected chi connectivity index (χ4v) is 4.10. The average Bonchev–Trinajstić information content (AvgIpc) is 3.17. The molecule has 4 rings (SSSR count). The predicted molar refractivity (Wildman–Crippen MR) is 128 cm³/mol. The van der Waals surface area contributed by atoms with Gasteiger partial charge >= 0.3 is 0 Å². The van der Waals surface area contributed by atoms with Gasteiger partial charge in [-0.05, 0) is 44.0 Å². The Labute approximate surface area is 195 Å². The number of hydrogen-bond acceptors (Lipinski definition) is 4. The van der Waals surface area contributed by atoms with Crippen molar-refractivity contribution in [1.29, 1.82) is 0 Å². The Hall–Kier alpha value is -2.41. The summed E-state index contributed by atoms with van der Waals surface area (Å²) in [6, 6.07) is 13.8. The Kier molecular flexibility index (Phi) is 8.62. The second-order valence-electron chi connectivity index (χ2n) is 8.04. The van der Waals surface area contributed by atoms with Gasteiger partial charge in [0.2, 0.25) is 5.91 Å². The standard InChI is InChI=1S/C23H27N5O.2ClH/c1-23(24)12-6-5-9-20(23)22(29)26-15-18-16-28(19-7-3-2-4-8-19)27-21(18)17-10-13-25-14-11-17;;/h2-4,7-8,10-11,13-14,16,20H,5-6,9,12,15,24H2,1H3,(H,26,29);2*1H. The van der Waals surface area contributed by atoms with Gasteiger partial charge in [0.15, 0.2) is 0 Å². The monoisotopic (exact) mass is 461 g/mol. The molecule has 0 bridgehead atoms. The Balaban J connectivity index is 0.00000171. The molecule has 0 saturated heterocycles. The van der Waals surface area contributed by atoms with Crippen molar-refractivity contribution in [3.63, 3.8) is 0 Å². The van der Waals surface area contributed by atoms with Crippen LogP contribution in [0.3, 0.4) is 0 Å². The van der Waals surface area contributed by atoms with Gasteiger partial charge in [0.1, 0.15) is 0 Å². The molecule has 31 heavy (non-hydrogen) atoms. The fourth-order valence-electron chi connectivity index (χ4n) is 4.10. The van der Waals surface area contributed by atoms with Crippen LogP contribution in [0.1, 0.15) is 38.2 Å². The van der Waals surface area contributed by atoms with Crippen LogP contribution in [-0.4, -0.2) is 26.2 Å². The van der Waals surface area contributed by atoms with Crippen LogP contribution >= 0.6 is 24.8 Å². The molecule has 0 aliphatic heterocycles. The maximum Gasteiger partial charge on any atom is 0.225 e. The number of benzene rings is 1. The maximum absolute atomic E-state index is 12.9. The van der Waals surface area contributed by atoms with Gasteiger partial charge < -0.3 is 11.1 Å². The lowest BCUT2D eigenvalue weighted by Gasteiger charge is -2.37. The van der Waals surface area contributed by atoms with Gasteiger partial charge in [-0.2, -0.15) is 5.10 Å². The lowest BCUT2D eigenvalue weighted by Crippen LogP contribution is -2.52. The van der Waals surface area contributed by atoms with E-state index in [1.165, 1.54) is 0 Å². The zero-order valence-corrected chi connectivity index (χ0v) is 19.2. The van der Waals surface area contributed by atoms with Crippen LogP contribution < -0.4 is 11.1 Å². The minimum absolute atomic E-state index is 0. The van der Waals surface area contributed by atoms with Gasteiger partial charge in [0.05, 0.1) is 17.3 Å². The third kappa shape index (κ3) is 5.64. The number of carbonyl (C=O) groups is 1. The molecular formula is C23H29Cl2N5O. The van der Waals surface area contributed by atoms with Crippen molar-refractivity contribution in [3.05, 3.63) is 66.6 Å². The summed E-state index contributed by atoms with van der Waals surface area (Å²) >= 11 is 0. The average molecular weight is 462 g/mol. The van der Waals surface area contributed by atoms with E-state index in [0.29, 0.717) is 6.54 Å². The predicted octanol–water partition coefficient (Wildman–Crippen LogP) is 4.30.